The molecule has 2 nitrogen and oxygen atoms in total. The molecular weight excluding hydrogens is 254 g/mol. The molecule has 2 aromatic carbocycles. The van der Waals surface area contributed by atoms with E-state index in [1.165, 1.54) is 11.1 Å². The summed E-state index contributed by atoms with van der Waals surface area (Å²) in [4.78, 5) is 6.05. The Morgan fingerprint density at radius 1 is 0.947 bits per heavy atom. The van der Waals surface area contributed by atoms with Crippen molar-refractivity contribution in [2.45, 2.75) is 11.5 Å². The van der Waals surface area contributed by atoms with E-state index in [9.17, 15) is 0 Å². The number of hydrogen-bond donors (Lipinski definition) is 0. The van der Waals surface area contributed by atoms with Crippen molar-refractivity contribution >= 4 is 11.8 Å². The Morgan fingerprint density at radius 2 is 1.53 bits per heavy atom. The van der Waals surface area contributed by atoms with E-state index in [4.69, 9.17) is 4.84 Å². The first-order chi connectivity index (χ1) is 9.34. The van der Waals surface area contributed by atoms with Crippen LogP contribution in [0.3, 0.4) is 0 Å². The molecule has 0 unspecified atom stereocenters. The Bertz CT molecular complexity index is 517. The van der Waals surface area contributed by atoms with E-state index in [0.717, 1.165) is 5.75 Å². The molecule has 0 amide bonds. The van der Waals surface area contributed by atoms with Gasteiger partial charge in [-0.1, -0.05) is 60.7 Å². The smallest absolute Gasteiger partial charge is 0.113 e. The molecule has 3 heteroatoms. The molecule has 0 radical (unpaired) electrons. The SMILES string of the molecule is CN1O[C@H](c2ccccc2)CS[C@H]1c1ccccc1. The third kappa shape index (κ3) is 2.84. The quantitative estimate of drug-likeness (QED) is 0.818. The third-order valence-electron chi connectivity index (χ3n) is 3.29. The van der Waals surface area contributed by atoms with Crippen LogP contribution in [0, 0.1) is 0 Å². The number of benzene rings is 2. The van der Waals surface area contributed by atoms with Gasteiger partial charge in [-0.3, -0.25) is 4.84 Å². The fourth-order valence-corrected chi connectivity index (χ4v) is 3.54. The molecule has 1 aliphatic heterocycles. The average Bonchev–Trinajstić information content (AvgIpc) is 2.49. The highest BCUT2D eigenvalue weighted by molar-refractivity contribution is 7.99. The van der Waals surface area contributed by atoms with Crippen molar-refractivity contribution in [2.75, 3.05) is 12.8 Å². The molecular formula is C16H17NOS. The Kier molecular flexibility index (Phi) is 3.87. The van der Waals surface area contributed by atoms with Crippen molar-refractivity contribution in [3.8, 4) is 0 Å². The van der Waals surface area contributed by atoms with Crippen molar-refractivity contribution in [3.63, 3.8) is 0 Å². The Morgan fingerprint density at radius 3 is 2.11 bits per heavy atom. The third-order valence-corrected chi connectivity index (χ3v) is 4.67. The maximum absolute atomic E-state index is 6.05. The molecule has 98 valence electrons. The van der Waals surface area contributed by atoms with E-state index < -0.39 is 0 Å². The van der Waals surface area contributed by atoms with Gasteiger partial charge in [0.1, 0.15) is 11.5 Å². The van der Waals surface area contributed by atoms with Gasteiger partial charge in [0.2, 0.25) is 0 Å². The minimum Gasteiger partial charge on any atom is -0.289 e. The lowest BCUT2D eigenvalue weighted by Gasteiger charge is -2.36. The first-order valence-electron chi connectivity index (χ1n) is 6.46. The predicted octanol–water partition coefficient (Wildman–Crippen LogP) is 4.04. The minimum absolute atomic E-state index is 0.149. The summed E-state index contributed by atoms with van der Waals surface area (Å²) < 4.78 is 0. The van der Waals surface area contributed by atoms with Crippen LogP contribution in [0.1, 0.15) is 22.6 Å². The second kappa shape index (κ2) is 5.78. The lowest BCUT2D eigenvalue weighted by atomic mass is 10.1. The van der Waals surface area contributed by atoms with Gasteiger partial charge in [0.15, 0.2) is 0 Å². The normalized spacial score (nSPS) is 24.3. The summed E-state index contributed by atoms with van der Waals surface area (Å²) in [5.74, 6) is 0.980. The molecule has 0 aromatic heterocycles. The number of thioether (sulfide) groups is 1. The van der Waals surface area contributed by atoms with Crippen LogP contribution in [0.25, 0.3) is 0 Å². The molecule has 2 atom stereocenters. The van der Waals surface area contributed by atoms with Crippen LogP contribution in [0.5, 0.6) is 0 Å². The fraction of sp³-hybridized carbons (Fsp3) is 0.250. The van der Waals surface area contributed by atoms with Gasteiger partial charge in [0.05, 0.1) is 0 Å². The molecule has 1 aliphatic rings. The van der Waals surface area contributed by atoms with Gasteiger partial charge in [-0.2, -0.15) is 5.06 Å². The Hall–Kier alpha value is -1.29. The largest absolute Gasteiger partial charge is 0.289 e. The molecule has 3 rings (SSSR count). The van der Waals surface area contributed by atoms with E-state index in [0.29, 0.717) is 0 Å². The van der Waals surface area contributed by atoms with E-state index in [1.54, 1.807) is 0 Å². The molecule has 1 fully saturated rings. The number of hydrogen-bond acceptors (Lipinski definition) is 3. The molecule has 0 N–H and O–H groups in total. The maximum Gasteiger partial charge on any atom is 0.113 e. The van der Waals surface area contributed by atoms with Gasteiger partial charge < -0.3 is 0 Å². The van der Waals surface area contributed by atoms with Crippen LogP contribution in [0.4, 0.5) is 0 Å². The second-order valence-electron chi connectivity index (χ2n) is 4.65. The van der Waals surface area contributed by atoms with E-state index in [2.05, 4.69) is 48.5 Å². The van der Waals surface area contributed by atoms with Crippen LogP contribution < -0.4 is 0 Å². The molecule has 19 heavy (non-hydrogen) atoms. The number of hydroxylamine groups is 2. The molecule has 0 aliphatic carbocycles. The summed E-state index contributed by atoms with van der Waals surface area (Å²) in [5, 5.41) is 2.25. The van der Waals surface area contributed by atoms with Crippen molar-refractivity contribution in [3.05, 3.63) is 71.8 Å². The first-order valence-corrected chi connectivity index (χ1v) is 7.50. The van der Waals surface area contributed by atoms with E-state index in [-0.39, 0.29) is 11.5 Å². The minimum atomic E-state index is 0.149. The standard InChI is InChI=1S/C16H17NOS/c1-17-16(14-10-6-3-7-11-14)19-12-15(18-17)13-8-4-2-5-9-13/h2-11,15-16H,12H2,1H3/t15-,16-/m0/s1. The molecule has 0 bridgehead atoms. The highest BCUT2D eigenvalue weighted by Crippen LogP contribution is 2.41. The van der Waals surface area contributed by atoms with Crippen molar-refractivity contribution in [1.29, 1.82) is 0 Å². The van der Waals surface area contributed by atoms with Gasteiger partial charge >= 0.3 is 0 Å². The summed E-state index contributed by atoms with van der Waals surface area (Å²) in [6, 6.07) is 20.9. The number of nitrogens with zero attached hydrogens (tertiary/aromatic N) is 1. The van der Waals surface area contributed by atoms with Gasteiger partial charge in [-0.25, -0.2) is 0 Å². The highest BCUT2D eigenvalue weighted by Gasteiger charge is 2.29. The van der Waals surface area contributed by atoms with Crippen LogP contribution in [0.15, 0.2) is 60.7 Å². The van der Waals surface area contributed by atoms with Crippen molar-refractivity contribution in [1.82, 2.24) is 5.06 Å². The monoisotopic (exact) mass is 271 g/mol. The zero-order valence-electron chi connectivity index (χ0n) is 10.9. The maximum atomic E-state index is 6.05. The van der Waals surface area contributed by atoms with Gasteiger partial charge in [-0.05, 0) is 11.1 Å². The zero-order valence-corrected chi connectivity index (χ0v) is 11.7. The average molecular weight is 271 g/mol. The molecule has 0 spiro atoms. The Balaban J connectivity index is 1.73. The van der Waals surface area contributed by atoms with Crippen LogP contribution in [0.2, 0.25) is 0 Å². The summed E-state index contributed by atoms with van der Waals surface area (Å²) >= 11 is 1.93. The zero-order chi connectivity index (χ0) is 13.1. The van der Waals surface area contributed by atoms with Gasteiger partial charge in [0, 0.05) is 12.8 Å². The van der Waals surface area contributed by atoms with E-state index in [1.807, 2.05) is 36.0 Å². The number of rotatable bonds is 2. The van der Waals surface area contributed by atoms with Gasteiger partial charge in [-0.15, -0.1) is 11.8 Å². The topological polar surface area (TPSA) is 12.5 Å². The van der Waals surface area contributed by atoms with Crippen LogP contribution in [-0.2, 0) is 4.84 Å². The predicted molar refractivity (Wildman–Crippen MR) is 79.7 cm³/mol. The lowest BCUT2D eigenvalue weighted by Crippen LogP contribution is -2.31. The van der Waals surface area contributed by atoms with Gasteiger partial charge in [0.25, 0.3) is 0 Å². The lowest BCUT2D eigenvalue weighted by molar-refractivity contribution is -0.192. The van der Waals surface area contributed by atoms with Crippen LogP contribution >= 0.6 is 11.8 Å². The van der Waals surface area contributed by atoms with E-state index >= 15 is 0 Å². The fourth-order valence-electron chi connectivity index (χ4n) is 2.32. The summed E-state index contributed by atoms with van der Waals surface area (Å²) in [5.41, 5.74) is 2.54. The highest BCUT2D eigenvalue weighted by atomic mass is 32.2. The molecule has 2 aromatic rings. The van der Waals surface area contributed by atoms with Crippen molar-refractivity contribution in [2.24, 2.45) is 0 Å². The molecule has 1 heterocycles. The summed E-state index contributed by atoms with van der Waals surface area (Å²) in [6.45, 7) is 0. The van der Waals surface area contributed by atoms with Crippen LogP contribution in [-0.4, -0.2) is 17.9 Å². The summed E-state index contributed by atoms with van der Waals surface area (Å²) in [7, 11) is 2.01. The first kappa shape index (κ1) is 12.7. The molecule has 0 saturated carbocycles. The summed E-state index contributed by atoms with van der Waals surface area (Å²) in [6.07, 6.45) is 0.149. The second-order valence-corrected chi connectivity index (χ2v) is 5.76. The Labute approximate surface area is 118 Å². The van der Waals surface area contributed by atoms with Crippen molar-refractivity contribution < 1.29 is 4.84 Å². The molecule has 1 saturated heterocycles.